The van der Waals surface area contributed by atoms with E-state index in [9.17, 15) is 4.79 Å². The van der Waals surface area contributed by atoms with Gasteiger partial charge in [-0.3, -0.25) is 0 Å². The third-order valence-corrected chi connectivity index (χ3v) is 4.42. The molecule has 27 heavy (non-hydrogen) atoms. The van der Waals surface area contributed by atoms with Crippen molar-refractivity contribution in [2.24, 2.45) is 5.92 Å². The summed E-state index contributed by atoms with van der Waals surface area (Å²) in [5, 5.41) is 0. The van der Waals surface area contributed by atoms with Gasteiger partial charge in [-0.25, -0.2) is 4.79 Å². The second-order valence-electron chi connectivity index (χ2n) is 7.36. The summed E-state index contributed by atoms with van der Waals surface area (Å²) in [6.45, 7) is 12.3. The number of ether oxygens (including phenoxy) is 2. The van der Waals surface area contributed by atoms with Gasteiger partial charge in [0.1, 0.15) is 5.75 Å². The Morgan fingerprint density at radius 1 is 1.00 bits per heavy atom. The lowest BCUT2D eigenvalue weighted by Gasteiger charge is -2.26. The van der Waals surface area contributed by atoms with Crippen LogP contribution in [0.25, 0.3) is 0 Å². The lowest BCUT2D eigenvalue weighted by Crippen LogP contribution is -2.17. The van der Waals surface area contributed by atoms with E-state index in [-0.39, 0.29) is 5.97 Å². The Bertz CT molecular complexity index is 751. The van der Waals surface area contributed by atoms with Crippen molar-refractivity contribution in [1.82, 2.24) is 0 Å². The number of anilines is 2. The number of rotatable bonds is 8. The average molecular weight is 370 g/mol. The van der Waals surface area contributed by atoms with Crippen LogP contribution in [0.2, 0.25) is 0 Å². The quantitative estimate of drug-likeness (QED) is 0.552. The Kier molecular flexibility index (Phi) is 7.28. The molecule has 0 aromatic heterocycles. The number of carbonyl (C=O) groups is 1. The Hall–Kier alpha value is -2.49. The van der Waals surface area contributed by atoms with Crippen LogP contribution < -0.4 is 9.64 Å². The first-order valence-corrected chi connectivity index (χ1v) is 9.60. The summed E-state index contributed by atoms with van der Waals surface area (Å²) in [6, 6.07) is 13.9. The van der Waals surface area contributed by atoms with Crippen LogP contribution in [-0.4, -0.2) is 26.2 Å². The molecule has 0 radical (unpaired) electrons. The Morgan fingerprint density at radius 3 is 2.15 bits per heavy atom. The number of hydrogen-bond donors (Lipinski definition) is 0. The van der Waals surface area contributed by atoms with Crippen molar-refractivity contribution in [1.29, 1.82) is 0 Å². The van der Waals surface area contributed by atoms with E-state index in [2.05, 4.69) is 57.7 Å². The summed E-state index contributed by atoms with van der Waals surface area (Å²) >= 11 is 0. The zero-order valence-electron chi connectivity index (χ0n) is 17.3. The van der Waals surface area contributed by atoms with E-state index < -0.39 is 0 Å². The fourth-order valence-corrected chi connectivity index (χ4v) is 2.95. The predicted octanol–water partition coefficient (Wildman–Crippen LogP) is 5.79. The van der Waals surface area contributed by atoms with Crippen LogP contribution in [0.4, 0.5) is 11.4 Å². The summed E-state index contributed by atoms with van der Waals surface area (Å²) < 4.78 is 10.8. The molecule has 2 rings (SSSR count). The van der Waals surface area contributed by atoms with Crippen LogP contribution in [0.3, 0.4) is 0 Å². The van der Waals surface area contributed by atoms with Gasteiger partial charge in [0, 0.05) is 17.9 Å². The minimum absolute atomic E-state index is 0.321. The molecule has 4 heteroatoms. The van der Waals surface area contributed by atoms with E-state index in [1.54, 1.807) is 12.1 Å². The fourth-order valence-electron chi connectivity index (χ4n) is 2.95. The van der Waals surface area contributed by atoms with Crippen molar-refractivity contribution in [3.05, 3.63) is 53.6 Å². The number of nitrogens with zero attached hydrogens (tertiary/aromatic N) is 1. The topological polar surface area (TPSA) is 38.8 Å². The van der Waals surface area contributed by atoms with Gasteiger partial charge in [0.2, 0.25) is 0 Å². The van der Waals surface area contributed by atoms with Gasteiger partial charge in [-0.1, -0.05) is 27.7 Å². The average Bonchev–Trinajstić information content (AvgIpc) is 2.67. The molecule has 4 nitrogen and oxygen atoms in total. The minimum atomic E-state index is -0.321. The first kappa shape index (κ1) is 20.8. The van der Waals surface area contributed by atoms with Gasteiger partial charge in [-0.2, -0.15) is 0 Å². The highest BCUT2D eigenvalue weighted by atomic mass is 16.5. The molecule has 0 fully saturated rings. The summed E-state index contributed by atoms with van der Waals surface area (Å²) in [5.41, 5.74) is 3.91. The second-order valence-corrected chi connectivity index (χ2v) is 7.36. The molecule has 0 saturated heterocycles. The third-order valence-electron chi connectivity index (χ3n) is 4.42. The molecule has 146 valence electrons. The van der Waals surface area contributed by atoms with Crippen molar-refractivity contribution in [3.8, 4) is 5.75 Å². The fraction of sp³-hybridized carbons (Fsp3) is 0.435. The zero-order valence-corrected chi connectivity index (χ0v) is 17.3. The summed E-state index contributed by atoms with van der Waals surface area (Å²) in [7, 11) is 1.39. The molecule has 0 aliphatic rings. The molecule has 0 saturated carbocycles. The molecule has 0 N–H and O–H groups in total. The maximum Gasteiger partial charge on any atom is 0.337 e. The van der Waals surface area contributed by atoms with E-state index in [0.29, 0.717) is 24.0 Å². The monoisotopic (exact) mass is 369 g/mol. The molecular weight excluding hydrogens is 338 g/mol. The smallest absolute Gasteiger partial charge is 0.337 e. The molecule has 2 aromatic rings. The van der Waals surface area contributed by atoms with Crippen LogP contribution in [0.1, 0.15) is 56.5 Å². The van der Waals surface area contributed by atoms with Gasteiger partial charge in [0.25, 0.3) is 0 Å². The van der Waals surface area contributed by atoms with Gasteiger partial charge in [0.15, 0.2) is 0 Å². The maximum atomic E-state index is 11.7. The van der Waals surface area contributed by atoms with Crippen LogP contribution in [-0.2, 0) is 4.74 Å². The summed E-state index contributed by atoms with van der Waals surface area (Å²) in [5.74, 6) is 1.50. The Balaban J connectivity index is 2.33. The normalized spacial score (nSPS) is 11.0. The number of esters is 1. The van der Waals surface area contributed by atoms with Crippen molar-refractivity contribution >= 4 is 17.3 Å². The van der Waals surface area contributed by atoms with Crippen molar-refractivity contribution in [2.45, 2.75) is 40.5 Å². The Labute approximate surface area is 163 Å². The molecule has 0 amide bonds. The van der Waals surface area contributed by atoms with Crippen molar-refractivity contribution in [3.63, 3.8) is 0 Å². The molecule has 0 aliphatic carbocycles. The first-order chi connectivity index (χ1) is 12.9. The lowest BCUT2D eigenvalue weighted by molar-refractivity contribution is 0.0601. The molecule has 0 bridgehead atoms. The van der Waals surface area contributed by atoms with Gasteiger partial charge in [-0.05, 0) is 66.8 Å². The largest absolute Gasteiger partial charge is 0.493 e. The van der Waals surface area contributed by atoms with Gasteiger partial charge in [0.05, 0.1) is 19.3 Å². The first-order valence-electron chi connectivity index (χ1n) is 9.60. The van der Waals surface area contributed by atoms with E-state index >= 15 is 0 Å². The van der Waals surface area contributed by atoms with Crippen molar-refractivity contribution in [2.75, 3.05) is 25.2 Å². The maximum absolute atomic E-state index is 11.7. The molecule has 2 aromatic carbocycles. The zero-order chi connectivity index (χ0) is 20.0. The number of methoxy groups -OCH3 is 1. The molecule has 0 spiro atoms. The van der Waals surface area contributed by atoms with E-state index in [1.807, 2.05) is 12.1 Å². The predicted molar refractivity (Wildman–Crippen MR) is 111 cm³/mol. The molecule has 0 atom stereocenters. The van der Waals surface area contributed by atoms with Crippen molar-refractivity contribution < 1.29 is 14.3 Å². The van der Waals surface area contributed by atoms with Crippen LogP contribution >= 0.6 is 0 Å². The standard InChI is InChI=1S/C23H31NO3/c1-7-24(19-10-8-18(9-11-19)23(25)26-6)20-12-13-22(27-15-16(2)3)21(14-20)17(4)5/h8-14,16-17H,7,15H2,1-6H3. The lowest BCUT2D eigenvalue weighted by atomic mass is 10.0. The van der Waals surface area contributed by atoms with Gasteiger partial charge < -0.3 is 14.4 Å². The van der Waals surface area contributed by atoms with Gasteiger partial charge in [-0.15, -0.1) is 0 Å². The molecule has 0 unspecified atom stereocenters. The highest BCUT2D eigenvalue weighted by Gasteiger charge is 2.15. The Morgan fingerprint density at radius 2 is 1.63 bits per heavy atom. The number of benzene rings is 2. The summed E-state index contributed by atoms with van der Waals surface area (Å²) in [4.78, 5) is 13.9. The van der Waals surface area contributed by atoms with E-state index in [4.69, 9.17) is 9.47 Å². The van der Waals surface area contributed by atoms with E-state index in [1.165, 1.54) is 12.7 Å². The molecular formula is C23H31NO3. The van der Waals surface area contributed by atoms with Crippen LogP contribution in [0, 0.1) is 5.92 Å². The van der Waals surface area contributed by atoms with Crippen LogP contribution in [0.5, 0.6) is 5.75 Å². The molecule has 0 heterocycles. The highest BCUT2D eigenvalue weighted by molar-refractivity contribution is 5.89. The van der Waals surface area contributed by atoms with Crippen LogP contribution in [0.15, 0.2) is 42.5 Å². The second kappa shape index (κ2) is 9.45. The van der Waals surface area contributed by atoms with Gasteiger partial charge >= 0.3 is 5.97 Å². The summed E-state index contributed by atoms with van der Waals surface area (Å²) in [6.07, 6.45) is 0. The number of carbonyl (C=O) groups excluding carboxylic acids is 1. The molecule has 0 aliphatic heterocycles. The minimum Gasteiger partial charge on any atom is -0.493 e. The highest BCUT2D eigenvalue weighted by Crippen LogP contribution is 2.34. The SMILES string of the molecule is CCN(c1ccc(C(=O)OC)cc1)c1ccc(OCC(C)C)c(C(C)C)c1. The third kappa shape index (κ3) is 5.25. The number of hydrogen-bond acceptors (Lipinski definition) is 4. The van der Waals surface area contributed by atoms with E-state index in [0.717, 1.165) is 23.7 Å².